The average Bonchev–Trinajstić information content (AvgIpc) is 3.22. The molecule has 174 valence electrons. The Kier molecular flexibility index (Phi) is 4.91. The number of nitrogens with zero attached hydrogens (tertiary/aromatic N) is 4. The molecule has 0 radical (unpaired) electrons. The molecule has 5 heteroatoms. The van der Waals surface area contributed by atoms with E-state index in [0.29, 0.717) is 5.88 Å². The Morgan fingerprint density at radius 2 is 1.50 bits per heavy atom. The molecule has 0 bridgehead atoms. The van der Waals surface area contributed by atoms with Crippen molar-refractivity contribution in [2.45, 2.75) is 6.42 Å². The van der Waals surface area contributed by atoms with Crippen LogP contribution in [0.4, 0.5) is 5.69 Å². The summed E-state index contributed by atoms with van der Waals surface area (Å²) in [4.78, 5) is 11.5. The molecular weight excluding hydrogens is 444 g/mol. The average molecular weight is 469 g/mol. The highest BCUT2D eigenvalue weighted by Crippen LogP contribution is 2.36. The number of pyridine rings is 2. The zero-order chi connectivity index (χ0) is 23.9. The lowest BCUT2D eigenvalue weighted by atomic mass is 10.0. The van der Waals surface area contributed by atoms with Crippen molar-refractivity contribution in [1.29, 1.82) is 0 Å². The van der Waals surface area contributed by atoms with Crippen LogP contribution in [-0.4, -0.2) is 27.6 Å². The fraction of sp³-hybridized carbons (Fsp3) is 0.0968. The zero-order valence-corrected chi connectivity index (χ0v) is 19.7. The third-order valence-electron chi connectivity index (χ3n) is 6.88. The van der Waals surface area contributed by atoms with Crippen LogP contribution in [0.3, 0.4) is 0 Å². The Morgan fingerprint density at radius 3 is 2.36 bits per heavy atom. The first-order chi connectivity index (χ1) is 17.8. The van der Waals surface area contributed by atoms with Crippen LogP contribution < -0.4 is 9.64 Å². The topological polar surface area (TPSA) is 43.2 Å². The van der Waals surface area contributed by atoms with E-state index < -0.39 is 0 Å². The van der Waals surface area contributed by atoms with Gasteiger partial charge >= 0.3 is 0 Å². The highest BCUT2D eigenvalue weighted by atomic mass is 16.5. The van der Waals surface area contributed by atoms with Crippen molar-refractivity contribution in [3.8, 4) is 28.6 Å². The Labute approximate surface area is 209 Å². The van der Waals surface area contributed by atoms with Gasteiger partial charge in [-0.2, -0.15) is 0 Å². The highest BCUT2D eigenvalue weighted by Gasteiger charge is 2.18. The maximum atomic E-state index is 5.99. The molecule has 0 spiro atoms. The molecule has 36 heavy (non-hydrogen) atoms. The number of benzene rings is 3. The number of fused-ring (bicyclic) bond motifs is 3. The molecule has 4 heterocycles. The van der Waals surface area contributed by atoms with E-state index in [0.717, 1.165) is 46.8 Å². The summed E-state index contributed by atoms with van der Waals surface area (Å²) in [5.41, 5.74) is 5.73. The van der Waals surface area contributed by atoms with Gasteiger partial charge in [-0.25, -0.2) is 9.97 Å². The molecule has 6 aromatic rings. The van der Waals surface area contributed by atoms with Gasteiger partial charge in [-0.1, -0.05) is 48.5 Å². The second-order valence-electron chi connectivity index (χ2n) is 9.10. The number of anilines is 1. The van der Waals surface area contributed by atoms with Crippen LogP contribution in [-0.2, 0) is 0 Å². The Hall–Kier alpha value is -4.64. The van der Waals surface area contributed by atoms with E-state index >= 15 is 0 Å². The predicted molar refractivity (Wildman–Crippen MR) is 145 cm³/mol. The van der Waals surface area contributed by atoms with Gasteiger partial charge in [-0.05, 0) is 53.9 Å². The number of aromatic nitrogens is 3. The van der Waals surface area contributed by atoms with Crippen LogP contribution >= 0.6 is 0 Å². The highest BCUT2D eigenvalue weighted by molar-refractivity contribution is 6.10. The first-order valence-electron chi connectivity index (χ1n) is 12.3. The van der Waals surface area contributed by atoms with Crippen molar-refractivity contribution in [3.63, 3.8) is 0 Å². The summed E-state index contributed by atoms with van der Waals surface area (Å²) in [6.07, 6.45) is 4.91. The van der Waals surface area contributed by atoms with Crippen molar-refractivity contribution >= 4 is 27.5 Å². The molecule has 0 saturated carbocycles. The molecule has 7 rings (SSSR count). The van der Waals surface area contributed by atoms with E-state index in [1.54, 1.807) is 6.20 Å². The van der Waals surface area contributed by atoms with Crippen molar-refractivity contribution < 1.29 is 4.74 Å². The van der Waals surface area contributed by atoms with Gasteiger partial charge in [-0.15, -0.1) is 0 Å². The molecule has 1 fully saturated rings. The maximum absolute atomic E-state index is 5.99. The normalized spacial score (nSPS) is 13.2. The zero-order valence-electron chi connectivity index (χ0n) is 19.7. The quantitative estimate of drug-likeness (QED) is 0.267. The molecule has 0 aliphatic carbocycles. The van der Waals surface area contributed by atoms with E-state index in [-0.39, 0.29) is 0 Å². The van der Waals surface area contributed by atoms with Gasteiger partial charge in [0.25, 0.3) is 0 Å². The second kappa shape index (κ2) is 8.54. The number of para-hydroxylation sites is 1. The third-order valence-corrected chi connectivity index (χ3v) is 6.88. The van der Waals surface area contributed by atoms with Crippen LogP contribution in [0.25, 0.3) is 38.8 Å². The van der Waals surface area contributed by atoms with Gasteiger partial charge in [-0.3, -0.25) is 4.57 Å². The molecule has 0 atom stereocenters. The fourth-order valence-electron chi connectivity index (χ4n) is 4.97. The molecule has 1 aliphatic rings. The summed E-state index contributed by atoms with van der Waals surface area (Å²) in [6, 6.07) is 33.3. The molecule has 3 aromatic carbocycles. The second-order valence-corrected chi connectivity index (χ2v) is 9.10. The SMILES string of the molecule is c1ccc(Oc2cccc(-c3ccc4c5ccccc5n(-c5cc(N6CCC6)ccn5)c4c3)c2)nc1. The van der Waals surface area contributed by atoms with Crippen LogP contribution in [0.5, 0.6) is 11.6 Å². The summed E-state index contributed by atoms with van der Waals surface area (Å²) < 4.78 is 8.27. The van der Waals surface area contributed by atoms with Gasteiger partial charge in [0.1, 0.15) is 11.6 Å². The minimum atomic E-state index is 0.582. The summed E-state index contributed by atoms with van der Waals surface area (Å²) in [7, 11) is 0. The number of hydrogen-bond acceptors (Lipinski definition) is 4. The first kappa shape index (κ1) is 20.7. The van der Waals surface area contributed by atoms with E-state index in [1.165, 1.54) is 22.9 Å². The van der Waals surface area contributed by atoms with Crippen LogP contribution in [0.2, 0.25) is 0 Å². The van der Waals surface area contributed by atoms with E-state index in [9.17, 15) is 0 Å². The van der Waals surface area contributed by atoms with E-state index in [2.05, 4.69) is 81.2 Å². The summed E-state index contributed by atoms with van der Waals surface area (Å²) in [5, 5.41) is 2.44. The minimum absolute atomic E-state index is 0.582. The maximum Gasteiger partial charge on any atom is 0.219 e. The van der Waals surface area contributed by atoms with Crippen LogP contribution in [0.15, 0.2) is 109 Å². The molecule has 5 nitrogen and oxygen atoms in total. The molecule has 0 unspecified atom stereocenters. The monoisotopic (exact) mass is 468 g/mol. The van der Waals surface area contributed by atoms with Gasteiger partial charge in [0.2, 0.25) is 5.88 Å². The summed E-state index contributed by atoms with van der Waals surface area (Å²) >= 11 is 0. The lowest BCUT2D eigenvalue weighted by Gasteiger charge is -2.33. The van der Waals surface area contributed by atoms with Gasteiger partial charge in [0.05, 0.1) is 11.0 Å². The van der Waals surface area contributed by atoms with Crippen molar-refractivity contribution in [2.75, 3.05) is 18.0 Å². The molecule has 0 amide bonds. The van der Waals surface area contributed by atoms with Gasteiger partial charge in [0, 0.05) is 54.1 Å². The van der Waals surface area contributed by atoms with Gasteiger partial charge < -0.3 is 9.64 Å². The van der Waals surface area contributed by atoms with Crippen molar-refractivity contribution in [1.82, 2.24) is 14.5 Å². The standard InChI is InChI=1S/C31H24N4O/c1-2-10-28-26(9-1)27-13-12-23(22-7-5-8-25(19-22)36-31-11-3-4-15-33-31)20-29(27)35(28)30-21-24(14-16-32-30)34-17-6-18-34/h1-5,7-16,19-21H,6,17-18H2. The van der Waals surface area contributed by atoms with Crippen LogP contribution in [0.1, 0.15) is 6.42 Å². The molecule has 1 aliphatic heterocycles. The summed E-state index contributed by atoms with van der Waals surface area (Å²) in [5.74, 6) is 2.28. The summed E-state index contributed by atoms with van der Waals surface area (Å²) in [6.45, 7) is 2.22. The van der Waals surface area contributed by atoms with Crippen molar-refractivity contribution in [3.05, 3.63) is 109 Å². The lowest BCUT2D eigenvalue weighted by molar-refractivity contribution is 0.463. The Bertz CT molecular complexity index is 1700. The Balaban J connectivity index is 1.36. The third kappa shape index (κ3) is 3.57. The Morgan fingerprint density at radius 1 is 0.639 bits per heavy atom. The van der Waals surface area contributed by atoms with Crippen molar-refractivity contribution in [2.24, 2.45) is 0 Å². The lowest BCUT2D eigenvalue weighted by Crippen LogP contribution is -2.37. The number of rotatable bonds is 5. The molecule has 1 saturated heterocycles. The largest absolute Gasteiger partial charge is 0.439 e. The predicted octanol–water partition coefficient (Wildman–Crippen LogP) is 7.24. The fourth-order valence-corrected chi connectivity index (χ4v) is 4.97. The number of hydrogen-bond donors (Lipinski definition) is 0. The van der Waals surface area contributed by atoms with E-state index in [1.807, 2.05) is 36.5 Å². The van der Waals surface area contributed by atoms with E-state index in [4.69, 9.17) is 9.72 Å². The smallest absolute Gasteiger partial charge is 0.219 e. The first-order valence-corrected chi connectivity index (χ1v) is 12.3. The molecular formula is C31H24N4O. The number of ether oxygens (including phenoxy) is 1. The van der Waals surface area contributed by atoms with Crippen LogP contribution in [0, 0.1) is 0 Å². The van der Waals surface area contributed by atoms with Gasteiger partial charge in [0.15, 0.2) is 0 Å². The molecule has 0 N–H and O–H groups in total. The minimum Gasteiger partial charge on any atom is -0.439 e. The molecule has 3 aromatic heterocycles.